The molecule has 0 saturated heterocycles. The van der Waals surface area contributed by atoms with Crippen LogP contribution in [-0.4, -0.2) is 22.2 Å². The number of hydrogen-bond acceptors (Lipinski definition) is 2. The number of hydrogen-bond donors (Lipinski definition) is 2. The molecule has 2 N–H and O–H groups in total. The Morgan fingerprint density at radius 2 is 1.40 bits per heavy atom. The van der Waals surface area contributed by atoms with E-state index >= 15 is 0 Å². The van der Waals surface area contributed by atoms with Crippen molar-refractivity contribution in [1.82, 2.24) is 0 Å². The van der Waals surface area contributed by atoms with Crippen LogP contribution in [0.1, 0.15) is 76.6 Å². The molecule has 110 valence electrons. The Balaban J connectivity index is 3.99. The van der Waals surface area contributed by atoms with Crippen LogP contribution in [-0.2, 0) is 12.8 Å². The molecule has 4 heteroatoms. The lowest BCUT2D eigenvalue weighted by Gasteiger charge is -2.23. The maximum Gasteiger partial charge on any atom is 0.336 e. The SMILES string of the molecule is CCc1c(CC)c(C(C)C)c(C(=O)O)c(C)c1C(=O)O. The standard InChI is InChI=1S/C16H22O4/c1-6-10-11(7-2)13(15(17)18)9(5)14(16(19)20)12(10)8(3)4/h8H,6-7H2,1-5H3,(H,17,18)(H,19,20). The Hall–Kier alpha value is -1.84. The summed E-state index contributed by atoms with van der Waals surface area (Å²) in [4.78, 5) is 23.1. The maximum atomic E-state index is 11.6. The molecule has 0 aliphatic heterocycles. The minimum atomic E-state index is -1.05. The molecule has 0 spiro atoms. The lowest BCUT2D eigenvalue weighted by atomic mass is 9.81. The zero-order valence-corrected chi connectivity index (χ0v) is 12.7. The largest absolute Gasteiger partial charge is 0.478 e. The third-order valence-electron chi connectivity index (χ3n) is 3.72. The monoisotopic (exact) mass is 278 g/mol. The van der Waals surface area contributed by atoms with E-state index in [2.05, 4.69) is 0 Å². The molecule has 0 fully saturated rings. The summed E-state index contributed by atoms with van der Waals surface area (Å²) in [5.41, 5.74) is 3.11. The van der Waals surface area contributed by atoms with Gasteiger partial charge in [0.15, 0.2) is 0 Å². The predicted molar refractivity (Wildman–Crippen MR) is 77.9 cm³/mol. The number of carbonyl (C=O) groups is 2. The van der Waals surface area contributed by atoms with Crippen molar-refractivity contribution >= 4 is 11.9 Å². The second kappa shape index (κ2) is 6.07. The topological polar surface area (TPSA) is 74.6 Å². The zero-order chi connectivity index (χ0) is 15.6. The highest BCUT2D eigenvalue weighted by Crippen LogP contribution is 2.34. The van der Waals surface area contributed by atoms with Gasteiger partial charge in [0.25, 0.3) is 0 Å². The van der Waals surface area contributed by atoms with Crippen molar-refractivity contribution < 1.29 is 19.8 Å². The van der Waals surface area contributed by atoms with E-state index in [1.165, 1.54) is 0 Å². The average molecular weight is 278 g/mol. The van der Waals surface area contributed by atoms with E-state index in [-0.39, 0.29) is 17.0 Å². The first-order valence-electron chi connectivity index (χ1n) is 6.92. The van der Waals surface area contributed by atoms with Crippen LogP contribution in [0.3, 0.4) is 0 Å². The fourth-order valence-corrected chi connectivity index (χ4v) is 3.01. The molecule has 0 amide bonds. The molecule has 1 aromatic carbocycles. The Kier molecular flexibility index (Phi) is 4.93. The number of rotatable bonds is 5. The highest BCUT2D eigenvalue weighted by Gasteiger charge is 2.27. The first kappa shape index (κ1) is 16.2. The molecule has 1 rings (SSSR count). The third kappa shape index (κ3) is 2.55. The molecule has 0 aromatic heterocycles. The van der Waals surface area contributed by atoms with Gasteiger partial charge in [0, 0.05) is 0 Å². The molecular formula is C16H22O4. The van der Waals surface area contributed by atoms with E-state index in [1.807, 2.05) is 27.7 Å². The molecule has 0 radical (unpaired) electrons. The average Bonchev–Trinajstić information content (AvgIpc) is 2.35. The highest BCUT2D eigenvalue weighted by atomic mass is 16.4. The first-order valence-corrected chi connectivity index (χ1v) is 6.92. The van der Waals surface area contributed by atoms with Gasteiger partial charge < -0.3 is 10.2 Å². The van der Waals surface area contributed by atoms with E-state index in [0.717, 1.165) is 16.7 Å². The van der Waals surface area contributed by atoms with E-state index in [4.69, 9.17) is 0 Å². The van der Waals surface area contributed by atoms with Crippen LogP contribution in [0.25, 0.3) is 0 Å². The van der Waals surface area contributed by atoms with Crippen LogP contribution in [0.2, 0.25) is 0 Å². The Morgan fingerprint density at radius 3 is 1.70 bits per heavy atom. The highest BCUT2D eigenvalue weighted by molar-refractivity contribution is 5.99. The molecule has 1 aromatic rings. The maximum absolute atomic E-state index is 11.6. The number of carboxylic acids is 2. The first-order chi connectivity index (χ1) is 9.27. The van der Waals surface area contributed by atoms with Crippen molar-refractivity contribution in [2.24, 2.45) is 0 Å². The second-order valence-electron chi connectivity index (χ2n) is 5.22. The minimum absolute atomic E-state index is 0.0443. The summed E-state index contributed by atoms with van der Waals surface area (Å²) in [6.07, 6.45) is 1.22. The van der Waals surface area contributed by atoms with Gasteiger partial charge in [-0.1, -0.05) is 27.7 Å². The van der Waals surface area contributed by atoms with Gasteiger partial charge in [0.05, 0.1) is 11.1 Å². The molecule has 0 bridgehead atoms. The van der Waals surface area contributed by atoms with Gasteiger partial charge >= 0.3 is 11.9 Å². The van der Waals surface area contributed by atoms with Crippen LogP contribution >= 0.6 is 0 Å². The summed E-state index contributed by atoms with van der Waals surface area (Å²) in [6, 6.07) is 0. The van der Waals surface area contributed by atoms with Crippen molar-refractivity contribution in [3.63, 3.8) is 0 Å². The van der Waals surface area contributed by atoms with E-state index in [0.29, 0.717) is 18.4 Å². The third-order valence-corrected chi connectivity index (χ3v) is 3.72. The van der Waals surface area contributed by atoms with Crippen molar-refractivity contribution in [3.05, 3.63) is 33.4 Å². The Bertz CT molecular complexity index is 556. The lowest BCUT2D eigenvalue weighted by molar-refractivity contribution is 0.0694. The smallest absolute Gasteiger partial charge is 0.336 e. The van der Waals surface area contributed by atoms with Gasteiger partial charge in [-0.2, -0.15) is 0 Å². The molecule has 20 heavy (non-hydrogen) atoms. The van der Waals surface area contributed by atoms with Gasteiger partial charge in [-0.15, -0.1) is 0 Å². The predicted octanol–water partition coefficient (Wildman–Crippen LogP) is 3.64. The van der Waals surface area contributed by atoms with Gasteiger partial charge in [-0.3, -0.25) is 0 Å². The molecule has 0 atom stereocenters. The normalized spacial score (nSPS) is 10.9. The van der Waals surface area contributed by atoms with Crippen LogP contribution in [0, 0.1) is 6.92 Å². The van der Waals surface area contributed by atoms with Gasteiger partial charge in [0.2, 0.25) is 0 Å². The van der Waals surface area contributed by atoms with Crippen LogP contribution < -0.4 is 0 Å². The number of benzene rings is 1. The van der Waals surface area contributed by atoms with E-state index in [9.17, 15) is 19.8 Å². The number of aromatic carboxylic acids is 2. The van der Waals surface area contributed by atoms with Crippen molar-refractivity contribution in [2.75, 3.05) is 0 Å². The molecule has 0 aliphatic carbocycles. The van der Waals surface area contributed by atoms with Gasteiger partial charge in [-0.25, -0.2) is 9.59 Å². The minimum Gasteiger partial charge on any atom is -0.478 e. The molecule has 0 heterocycles. The molecular weight excluding hydrogens is 256 g/mol. The van der Waals surface area contributed by atoms with Crippen LogP contribution in [0.15, 0.2) is 0 Å². The summed E-state index contributed by atoms with van der Waals surface area (Å²) < 4.78 is 0. The lowest BCUT2D eigenvalue weighted by Crippen LogP contribution is -2.18. The van der Waals surface area contributed by atoms with Crippen LogP contribution in [0.4, 0.5) is 0 Å². The van der Waals surface area contributed by atoms with Crippen molar-refractivity contribution in [1.29, 1.82) is 0 Å². The fourth-order valence-electron chi connectivity index (χ4n) is 3.01. The Morgan fingerprint density at radius 1 is 0.950 bits per heavy atom. The summed E-state index contributed by atoms with van der Waals surface area (Å²) in [6.45, 7) is 9.33. The summed E-state index contributed by atoms with van der Waals surface area (Å²) in [7, 11) is 0. The van der Waals surface area contributed by atoms with E-state index in [1.54, 1.807) is 6.92 Å². The van der Waals surface area contributed by atoms with Gasteiger partial charge in [0.1, 0.15) is 0 Å². The number of carboxylic acid groups (broad SMARTS) is 2. The molecule has 0 unspecified atom stereocenters. The molecule has 4 nitrogen and oxygen atoms in total. The molecule has 0 aliphatic rings. The van der Waals surface area contributed by atoms with E-state index < -0.39 is 11.9 Å². The van der Waals surface area contributed by atoms with Crippen molar-refractivity contribution in [3.8, 4) is 0 Å². The summed E-state index contributed by atoms with van der Waals surface area (Å²) in [5.74, 6) is -2.05. The van der Waals surface area contributed by atoms with Gasteiger partial charge in [-0.05, 0) is 47.9 Å². The van der Waals surface area contributed by atoms with Crippen molar-refractivity contribution in [2.45, 2.75) is 53.4 Å². The zero-order valence-electron chi connectivity index (χ0n) is 12.7. The quantitative estimate of drug-likeness (QED) is 0.862. The second-order valence-corrected chi connectivity index (χ2v) is 5.22. The van der Waals surface area contributed by atoms with Crippen LogP contribution in [0.5, 0.6) is 0 Å². The molecule has 0 saturated carbocycles. The summed E-state index contributed by atoms with van der Waals surface area (Å²) >= 11 is 0. The summed E-state index contributed by atoms with van der Waals surface area (Å²) in [5, 5.41) is 18.9. The fraction of sp³-hybridized carbons (Fsp3) is 0.500. The Labute approximate surface area is 119 Å².